The molecule has 9 heteroatoms. The number of nitrogens with two attached hydrogens (primary N) is 1. The van der Waals surface area contributed by atoms with Crippen LogP contribution >= 0.6 is 11.8 Å². The lowest BCUT2D eigenvalue weighted by Crippen LogP contribution is -2.18. The van der Waals surface area contributed by atoms with Crippen molar-refractivity contribution in [2.24, 2.45) is 5.73 Å². The van der Waals surface area contributed by atoms with Crippen molar-refractivity contribution in [3.63, 3.8) is 0 Å². The van der Waals surface area contributed by atoms with Crippen LogP contribution in [0.4, 0.5) is 0 Å². The normalized spacial score (nSPS) is 12.1. The van der Waals surface area contributed by atoms with Gasteiger partial charge in [-0.15, -0.1) is 10.2 Å². The lowest BCUT2D eigenvalue weighted by atomic mass is 10.3. The first-order valence-corrected chi connectivity index (χ1v) is 8.45. The van der Waals surface area contributed by atoms with Crippen LogP contribution in [0.15, 0.2) is 28.0 Å². The van der Waals surface area contributed by atoms with Crippen molar-refractivity contribution in [2.75, 3.05) is 6.61 Å². The summed E-state index contributed by atoms with van der Waals surface area (Å²) < 4.78 is 12.2. The second-order valence-corrected chi connectivity index (χ2v) is 6.35. The van der Waals surface area contributed by atoms with Crippen LogP contribution in [0.25, 0.3) is 0 Å². The maximum Gasteiger partial charge on any atom is 0.319 e. The number of hydrogen-bond acceptors (Lipinski definition) is 7. The number of ether oxygens (including phenoxy) is 1. The zero-order chi connectivity index (χ0) is 17.5. The molecule has 0 aromatic carbocycles. The fourth-order valence-electron chi connectivity index (χ4n) is 2.01. The second kappa shape index (κ2) is 8.53. The summed E-state index contributed by atoms with van der Waals surface area (Å²) in [5.74, 6) is 0.620. The number of carbonyl (C=O) groups excluding carboxylic acids is 2. The van der Waals surface area contributed by atoms with Crippen LogP contribution in [0, 0.1) is 0 Å². The van der Waals surface area contributed by atoms with Crippen molar-refractivity contribution in [1.82, 2.24) is 14.8 Å². The Bertz CT molecular complexity index is 684. The van der Waals surface area contributed by atoms with Gasteiger partial charge in [0.1, 0.15) is 16.8 Å². The average Bonchev–Trinajstić information content (AvgIpc) is 3.17. The number of furan rings is 1. The number of rotatable bonds is 9. The number of thioether (sulfide) groups is 1. The van der Waals surface area contributed by atoms with Gasteiger partial charge in [-0.05, 0) is 26.0 Å². The zero-order valence-electron chi connectivity index (χ0n) is 13.6. The molecule has 0 aliphatic carbocycles. The van der Waals surface area contributed by atoms with E-state index in [9.17, 15) is 9.59 Å². The Kier molecular flexibility index (Phi) is 6.42. The highest BCUT2D eigenvalue weighted by atomic mass is 32.2. The van der Waals surface area contributed by atoms with Crippen LogP contribution in [-0.4, -0.2) is 38.5 Å². The highest BCUT2D eigenvalue weighted by Gasteiger charge is 2.21. The Morgan fingerprint density at radius 2 is 2.25 bits per heavy atom. The van der Waals surface area contributed by atoms with Gasteiger partial charge in [-0.3, -0.25) is 14.2 Å². The minimum atomic E-state index is -0.423. The molecule has 0 fully saturated rings. The van der Waals surface area contributed by atoms with Gasteiger partial charge in [0.2, 0.25) is 5.91 Å². The first kappa shape index (κ1) is 18.1. The SMILES string of the molecule is CCOC(=O)[C@@H](C)Sc1nnc(CCC(N)=O)n1Cc1ccco1. The Morgan fingerprint density at radius 3 is 2.88 bits per heavy atom. The van der Waals surface area contributed by atoms with Crippen LogP contribution in [0.5, 0.6) is 0 Å². The number of aryl methyl sites for hydroxylation is 1. The van der Waals surface area contributed by atoms with Crippen molar-refractivity contribution in [3.8, 4) is 0 Å². The molecule has 2 heterocycles. The third-order valence-corrected chi connectivity index (χ3v) is 4.24. The molecule has 2 N–H and O–H groups in total. The molecule has 0 spiro atoms. The molecule has 0 unspecified atom stereocenters. The molecular weight excluding hydrogens is 332 g/mol. The smallest absolute Gasteiger partial charge is 0.319 e. The molecule has 1 amide bonds. The predicted octanol–water partition coefficient (Wildman–Crippen LogP) is 1.38. The number of hydrogen-bond donors (Lipinski definition) is 1. The molecule has 24 heavy (non-hydrogen) atoms. The average molecular weight is 352 g/mol. The number of esters is 1. The van der Waals surface area contributed by atoms with E-state index >= 15 is 0 Å². The summed E-state index contributed by atoms with van der Waals surface area (Å²) in [7, 11) is 0. The van der Waals surface area contributed by atoms with Gasteiger partial charge in [0, 0.05) is 12.8 Å². The van der Waals surface area contributed by atoms with Crippen molar-refractivity contribution < 1.29 is 18.7 Å². The topological polar surface area (TPSA) is 113 Å². The maximum atomic E-state index is 11.8. The number of carbonyl (C=O) groups is 2. The lowest BCUT2D eigenvalue weighted by Gasteiger charge is -2.12. The maximum absolute atomic E-state index is 11.8. The van der Waals surface area contributed by atoms with Crippen molar-refractivity contribution in [2.45, 2.75) is 43.6 Å². The van der Waals surface area contributed by atoms with E-state index in [1.807, 2.05) is 10.6 Å². The summed E-state index contributed by atoms with van der Waals surface area (Å²) in [6, 6.07) is 3.62. The van der Waals surface area contributed by atoms with E-state index in [1.54, 1.807) is 26.2 Å². The van der Waals surface area contributed by atoms with E-state index in [-0.39, 0.29) is 12.4 Å². The number of aromatic nitrogens is 3. The van der Waals surface area contributed by atoms with Crippen LogP contribution in [-0.2, 0) is 27.3 Å². The summed E-state index contributed by atoms with van der Waals surface area (Å²) in [4.78, 5) is 22.8. The Balaban J connectivity index is 2.19. The van der Waals surface area contributed by atoms with E-state index in [0.29, 0.717) is 30.6 Å². The van der Waals surface area contributed by atoms with Crippen LogP contribution < -0.4 is 5.73 Å². The molecule has 0 aliphatic heterocycles. The summed E-state index contributed by atoms with van der Waals surface area (Å²) >= 11 is 1.25. The molecule has 1 atom stereocenters. The van der Waals surface area contributed by atoms with Gasteiger partial charge < -0.3 is 14.9 Å². The molecule has 2 aromatic rings. The molecule has 2 aromatic heterocycles. The number of amides is 1. The van der Waals surface area contributed by atoms with E-state index < -0.39 is 11.2 Å². The molecule has 2 rings (SSSR count). The van der Waals surface area contributed by atoms with Gasteiger partial charge in [-0.1, -0.05) is 11.8 Å². The highest BCUT2D eigenvalue weighted by Crippen LogP contribution is 2.24. The summed E-state index contributed by atoms with van der Waals surface area (Å²) in [5.41, 5.74) is 5.21. The lowest BCUT2D eigenvalue weighted by molar-refractivity contribution is -0.142. The fraction of sp³-hybridized carbons (Fsp3) is 0.467. The minimum absolute atomic E-state index is 0.175. The molecule has 0 saturated heterocycles. The number of primary amides is 1. The Hall–Kier alpha value is -2.29. The predicted molar refractivity (Wildman–Crippen MR) is 87.3 cm³/mol. The largest absolute Gasteiger partial charge is 0.467 e. The zero-order valence-corrected chi connectivity index (χ0v) is 14.4. The monoisotopic (exact) mass is 352 g/mol. The van der Waals surface area contributed by atoms with E-state index in [2.05, 4.69) is 10.2 Å². The molecule has 0 bridgehead atoms. The molecule has 8 nitrogen and oxygen atoms in total. The minimum Gasteiger partial charge on any atom is -0.467 e. The van der Waals surface area contributed by atoms with Gasteiger partial charge >= 0.3 is 5.97 Å². The highest BCUT2D eigenvalue weighted by molar-refractivity contribution is 8.00. The fourth-order valence-corrected chi connectivity index (χ4v) is 2.87. The quantitative estimate of drug-likeness (QED) is 0.536. The van der Waals surface area contributed by atoms with Gasteiger partial charge in [-0.2, -0.15) is 0 Å². The van der Waals surface area contributed by atoms with Crippen molar-refractivity contribution in [3.05, 3.63) is 30.0 Å². The van der Waals surface area contributed by atoms with Crippen LogP contribution in [0.3, 0.4) is 0 Å². The third-order valence-electron chi connectivity index (χ3n) is 3.18. The molecule has 0 radical (unpaired) electrons. The Morgan fingerprint density at radius 1 is 1.46 bits per heavy atom. The first-order chi connectivity index (χ1) is 11.5. The first-order valence-electron chi connectivity index (χ1n) is 7.57. The van der Waals surface area contributed by atoms with Crippen LogP contribution in [0.2, 0.25) is 0 Å². The van der Waals surface area contributed by atoms with Crippen molar-refractivity contribution in [1.29, 1.82) is 0 Å². The molecule has 130 valence electrons. The number of nitrogens with zero attached hydrogens (tertiary/aromatic N) is 3. The molecule has 0 saturated carbocycles. The molecule has 0 aliphatic rings. The van der Waals surface area contributed by atoms with Gasteiger partial charge in [0.25, 0.3) is 0 Å². The Labute approximate surface area is 143 Å². The summed E-state index contributed by atoms with van der Waals surface area (Å²) in [5, 5.41) is 8.39. The third kappa shape index (κ3) is 4.85. The van der Waals surface area contributed by atoms with E-state index in [1.165, 1.54) is 11.8 Å². The summed E-state index contributed by atoms with van der Waals surface area (Å²) in [6.07, 6.45) is 2.13. The van der Waals surface area contributed by atoms with Gasteiger partial charge in [-0.25, -0.2) is 0 Å². The molecular formula is C15H20N4O4S. The van der Waals surface area contributed by atoms with Gasteiger partial charge in [0.05, 0.1) is 19.4 Å². The van der Waals surface area contributed by atoms with Crippen LogP contribution in [0.1, 0.15) is 31.9 Å². The standard InChI is InChI=1S/C15H20N4O4S/c1-3-22-14(21)10(2)24-15-18-17-13(7-6-12(16)20)19(15)9-11-5-4-8-23-11/h4-5,8,10H,3,6-7,9H2,1-2H3,(H2,16,20)/t10-/m1/s1. The van der Waals surface area contributed by atoms with E-state index in [0.717, 1.165) is 5.76 Å². The second-order valence-electron chi connectivity index (χ2n) is 5.04. The van der Waals surface area contributed by atoms with Gasteiger partial charge in [0.15, 0.2) is 5.16 Å². The summed E-state index contributed by atoms with van der Waals surface area (Å²) in [6.45, 7) is 4.24. The van der Waals surface area contributed by atoms with Crippen molar-refractivity contribution >= 4 is 23.6 Å². The van der Waals surface area contributed by atoms with E-state index in [4.69, 9.17) is 14.9 Å².